The van der Waals surface area contributed by atoms with Crippen LogP contribution in [0.5, 0.6) is 5.88 Å². The Labute approximate surface area is 113 Å². The first-order valence-corrected chi connectivity index (χ1v) is 7.09. The summed E-state index contributed by atoms with van der Waals surface area (Å²) in [6.07, 6.45) is 3.77. The van der Waals surface area contributed by atoms with Crippen molar-refractivity contribution in [1.29, 1.82) is 0 Å². The van der Waals surface area contributed by atoms with Crippen molar-refractivity contribution >= 4 is 5.65 Å². The van der Waals surface area contributed by atoms with Gasteiger partial charge in [0.1, 0.15) is 0 Å². The van der Waals surface area contributed by atoms with E-state index in [1.807, 2.05) is 25.3 Å². The lowest BCUT2D eigenvalue weighted by atomic mass is 9.93. The highest BCUT2D eigenvalue weighted by Crippen LogP contribution is 2.56. The molecule has 0 amide bonds. The molecular weight excluding hydrogens is 240 g/mol. The van der Waals surface area contributed by atoms with Crippen LogP contribution < -0.4 is 4.74 Å². The SMILES string of the molecule is CC.COc1nn2c(C)nnc2c2c1C1CCC2C1. The average Bonchev–Trinajstić information content (AvgIpc) is 3.15. The molecule has 0 aliphatic heterocycles. The first-order chi connectivity index (χ1) is 9.29. The minimum Gasteiger partial charge on any atom is -0.480 e. The predicted molar refractivity (Wildman–Crippen MR) is 72.8 cm³/mol. The first kappa shape index (κ1) is 12.4. The number of ether oxygens (including phenoxy) is 1. The van der Waals surface area contributed by atoms with Crippen LogP contribution in [0.4, 0.5) is 0 Å². The maximum Gasteiger partial charge on any atom is 0.235 e. The van der Waals surface area contributed by atoms with Crippen LogP contribution in [0.15, 0.2) is 0 Å². The van der Waals surface area contributed by atoms with E-state index < -0.39 is 0 Å². The standard InChI is InChI=1S/C12H14N4O.C2H6/c1-6-13-14-11-9-7-3-4-8(5-7)10(9)12(17-2)15-16(6)11;1-2/h7-8H,3-5H2,1-2H3;1-2H3. The molecule has 2 atom stereocenters. The fourth-order valence-corrected chi connectivity index (χ4v) is 3.48. The normalized spacial score (nSPS) is 23.2. The number of rotatable bonds is 1. The van der Waals surface area contributed by atoms with E-state index in [1.54, 1.807) is 7.11 Å². The van der Waals surface area contributed by atoms with Gasteiger partial charge in [0.15, 0.2) is 11.5 Å². The van der Waals surface area contributed by atoms with E-state index in [-0.39, 0.29) is 0 Å². The lowest BCUT2D eigenvalue weighted by Crippen LogP contribution is -2.08. The molecule has 1 fully saturated rings. The van der Waals surface area contributed by atoms with Gasteiger partial charge < -0.3 is 4.74 Å². The first-order valence-electron chi connectivity index (χ1n) is 7.09. The molecule has 2 aliphatic rings. The summed E-state index contributed by atoms with van der Waals surface area (Å²) in [4.78, 5) is 0. The predicted octanol–water partition coefficient (Wildman–Crippen LogP) is 2.83. The van der Waals surface area contributed by atoms with Gasteiger partial charge in [-0.25, -0.2) is 0 Å². The molecule has 5 nitrogen and oxygen atoms in total. The average molecular weight is 260 g/mol. The van der Waals surface area contributed by atoms with E-state index in [0.717, 1.165) is 17.4 Å². The fourth-order valence-electron chi connectivity index (χ4n) is 3.48. The Kier molecular flexibility index (Phi) is 2.92. The third kappa shape index (κ3) is 1.57. The van der Waals surface area contributed by atoms with Crippen molar-refractivity contribution in [1.82, 2.24) is 19.8 Å². The van der Waals surface area contributed by atoms with Crippen LogP contribution in [-0.2, 0) is 0 Å². The Hall–Kier alpha value is -1.65. The molecule has 2 unspecified atom stereocenters. The third-order valence-corrected chi connectivity index (χ3v) is 4.19. The van der Waals surface area contributed by atoms with Crippen LogP contribution in [0.2, 0.25) is 0 Å². The molecule has 0 radical (unpaired) electrons. The highest BCUT2D eigenvalue weighted by molar-refractivity contribution is 5.60. The van der Waals surface area contributed by atoms with Gasteiger partial charge in [-0.1, -0.05) is 13.8 Å². The largest absolute Gasteiger partial charge is 0.480 e. The van der Waals surface area contributed by atoms with E-state index in [1.165, 1.54) is 30.4 Å². The zero-order valence-electron chi connectivity index (χ0n) is 12.0. The number of aryl methyl sites for hydroxylation is 1. The van der Waals surface area contributed by atoms with Gasteiger partial charge in [0.25, 0.3) is 0 Å². The topological polar surface area (TPSA) is 52.3 Å². The second-order valence-corrected chi connectivity index (χ2v) is 5.03. The Morgan fingerprint density at radius 1 is 1.11 bits per heavy atom. The van der Waals surface area contributed by atoms with Gasteiger partial charge in [0, 0.05) is 11.1 Å². The number of fused-ring (bicyclic) bond motifs is 7. The minimum absolute atomic E-state index is 0.624. The van der Waals surface area contributed by atoms with Crippen molar-refractivity contribution in [2.24, 2.45) is 0 Å². The van der Waals surface area contributed by atoms with E-state index in [4.69, 9.17) is 4.74 Å². The van der Waals surface area contributed by atoms with Gasteiger partial charge in [-0.3, -0.25) is 0 Å². The molecule has 102 valence electrons. The number of nitrogens with zero attached hydrogens (tertiary/aromatic N) is 4. The fraction of sp³-hybridized carbons (Fsp3) is 0.643. The van der Waals surface area contributed by atoms with Gasteiger partial charge >= 0.3 is 0 Å². The van der Waals surface area contributed by atoms with Crippen molar-refractivity contribution in [2.45, 2.75) is 51.9 Å². The molecule has 2 bridgehead atoms. The van der Waals surface area contributed by atoms with Gasteiger partial charge in [-0.2, -0.15) is 4.52 Å². The number of hydrogen-bond donors (Lipinski definition) is 0. The molecule has 2 heterocycles. The number of methoxy groups -OCH3 is 1. The second kappa shape index (κ2) is 4.47. The summed E-state index contributed by atoms with van der Waals surface area (Å²) in [6.45, 7) is 5.92. The van der Waals surface area contributed by atoms with Gasteiger partial charge in [-0.05, 0) is 38.0 Å². The zero-order chi connectivity index (χ0) is 13.6. The number of aromatic nitrogens is 4. The lowest BCUT2D eigenvalue weighted by molar-refractivity contribution is 0.380. The number of hydrogen-bond acceptors (Lipinski definition) is 4. The van der Waals surface area contributed by atoms with Crippen LogP contribution in [-0.4, -0.2) is 26.9 Å². The van der Waals surface area contributed by atoms with Crippen molar-refractivity contribution in [3.05, 3.63) is 17.0 Å². The Bertz CT molecular complexity index is 619. The van der Waals surface area contributed by atoms with Crippen LogP contribution in [0, 0.1) is 6.92 Å². The quantitative estimate of drug-likeness (QED) is 0.791. The van der Waals surface area contributed by atoms with E-state index in [9.17, 15) is 0 Å². The molecule has 0 N–H and O–H groups in total. The molecule has 2 aliphatic carbocycles. The zero-order valence-corrected chi connectivity index (χ0v) is 12.0. The molecule has 2 aromatic heterocycles. The molecule has 0 spiro atoms. The van der Waals surface area contributed by atoms with E-state index in [2.05, 4.69) is 15.3 Å². The molecule has 5 heteroatoms. The molecule has 2 aromatic rings. The Morgan fingerprint density at radius 2 is 1.79 bits per heavy atom. The molecule has 0 saturated heterocycles. The molecule has 1 saturated carbocycles. The maximum atomic E-state index is 5.45. The molecular formula is C14H20N4O. The van der Waals surface area contributed by atoms with Crippen molar-refractivity contribution in [3.63, 3.8) is 0 Å². The van der Waals surface area contributed by atoms with E-state index >= 15 is 0 Å². The summed E-state index contributed by atoms with van der Waals surface area (Å²) in [7, 11) is 1.69. The van der Waals surface area contributed by atoms with Gasteiger partial charge in [0.05, 0.1) is 7.11 Å². The second-order valence-electron chi connectivity index (χ2n) is 5.03. The van der Waals surface area contributed by atoms with Crippen LogP contribution in [0.25, 0.3) is 5.65 Å². The molecule has 19 heavy (non-hydrogen) atoms. The Balaban J connectivity index is 0.000000528. The van der Waals surface area contributed by atoms with Gasteiger partial charge in [0.2, 0.25) is 5.88 Å². The minimum atomic E-state index is 0.624. The summed E-state index contributed by atoms with van der Waals surface area (Å²) < 4.78 is 7.27. The summed E-state index contributed by atoms with van der Waals surface area (Å²) >= 11 is 0. The van der Waals surface area contributed by atoms with Crippen molar-refractivity contribution < 1.29 is 4.74 Å². The summed E-state index contributed by atoms with van der Waals surface area (Å²) in [6, 6.07) is 0. The van der Waals surface area contributed by atoms with Crippen molar-refractivity contribution in [2.75, 3.05) is 7.11 Å². The van der Waals surface area contributed by atoms with Crippen LogP contribution in [0.3, 0.4) is 0 Å². The summed E-state index contributed by atoms with van der Waals surface area (Å²) in [5, 5.41) is 12.9. The lowest BCUT2D eigenvalue weighted by Gasteiger charge is -2.17. The monoisotopic (exact) mass is 260 g/mol. The highest BCUT2D eigenvalue weighted by Gasteiger charge is 2.42. The van der Waals surface area contributed by atoms with Crippen LogP contribution in [0.1, 0.15) is 61.9 Å². The molecule has 0 aromatic carbocycles. The van der Waals surface area contributed by atoms with E-state index in [0.29, 0.717) is 11.8 Å². The van der Waals surface area contributed by atoms with Crippen molar-refractivity contribution in [3.8, 4) is 5.88 Å². The third-order valence-electron chi connectivity index (χ3n) is 4.19. The smallest absolute Gasteiger partial charge is 0.235 e. The maximum absolute atomic E-state index is 5.45. The van der Waals surface area contributed by atoms with Gasteiger partial charge in [-0.15, -0.1) is 15.3 Å². The summed E-state index contributed by atoms with van der Waals surface area (Å²) in [5.74, 6) is 2.85. The highest BCUT2D eigenvalue weighted by atomic mass is 16.5. The summed E-state index contributed by atoms with van der Waals surface area (Å²) in [5.41, 5.74) is 3.57. The Morgan fingerprint density at radius 3 is 2.47 bits per heavy atom. The molecule has 4 rings (SSSR count). The van der Waals surface area contributed by atoms with Crippen LogP contribution >= 0.6 is 0 Å².